The average Bonchev–Trinajstić information content (AvgIpc) is 3.49. The molecule has 0 bridgehead atoms. The number of nitriles is 1. The smallest absolute Gasteiger partial charge is 0.240 e. The van der Waals surface area contributed by atoms with Crippen LogP contribution in [0.4, 0.5) is 0 Å². The summed E-state index contributed by atoms with van der Waals surface area (Å²) in [6, 6.07) is 22.1. The monoisotopic (exact) mass is 569 g/mol. The molecular formula is C32H35N5O5. The molecule has 2 heterocycles. The number of fused-ring (bicyclic) bond motifs is 2. The third-order valence-corrected chi connectivity index (χ3v) is 8.00. The molecule has 3 amide bonds. The topological polar surface area (TPSA) is 124 Å². The van der Waals surface area contributed by atoms with Crippen LogP contribution in [-0.4, -0.2) is 73.1 Å². The van der Waals surface area contributed by atoms with E-state index in [0.29, 0.717) is 11.5 Å². The van der Waals surface area contributed by atoms with Gasteiger partial charge in [0.1, 0.15) is 6.54 Å². The van der Waals surface area contributed by atoms with Crippen molar-refractivity contribution in [2.45, 2.75) is 38.3 Å². The van der Waals surface area contributed by atoms with Gasteiger partial charge in [0, 0.05) is 25.2 Å². The summed E-state index contributed by atoms with van der Waals surface area (Å²) in [7, 11) is 0. The molecule has 3 aromatic carbocycles. The normalized spacial score (nSPS) is 15.5. The Labute approximate surface area is 245 Å². The minimum absolute atomic E-state index is 0.110. The minimum atomic E-state index is -0.459. The van der Waals surface area contributed by atoms with E-state index in [2.05, 4.69) is 58.9 Å². The number of carbonyl (C=O) groups excluding carboxylic acids is 3. The lowest BCUT2D eigenvalue weighted by atomic mass is 9.95. The van der Waals surface area contributed by atoms with Crippen molar-refractivity contribution in [1.82, 2.24) is 20.4 Å². The first-order valence-corrected chi connectivity index (χ1v) is 14.2. The second kappa shape index (κ2) is 13.4. The lowest BCUT2D eigenvalue weighted by Gasteiger charge is -2.41. The maximum atomic E-state index is 13.7. The Kier molecular flexibility index (Phi) is 9.19. The Bertz CT molecular complexity index is 1490. The number of piperidine rings is 1. The molecule has 2 aliphatic heterocycles. The van der Waals surface area contributed by atoms with Gasteiger partial charge in [-0.3, -0.25) is 19.3 Å². The van der Waals surface area contributed by atoms with Gasteiger partial charge >= 0.3 is 0 Å². The van der Waals surface area contributed by atoms with Crippen LogP contribution < -0.4 is 20.1 Å². The van der Waals surface area contributed by atoms with E-state index in [0.717, 1.165) is 31.5 Å². The molecule has 2 N–H and O–H groups in total. The predicted octanol–water partition coefficient (Wildman–Crippen LogP) is 2.92. The van der Waals surface area contributed by atoms with Gasteiger partial charge in [-0.2, -0.15) is 5.26 Å². The Balaban J connectivity index is 1.26. The van der Waals surface area contributed by atoms with E-state index in [4.69, 9.17) is 14.7 Å². The number of likely N-dealkylation sites (tertiary alicyclic amines) is 1. The first-order valence-electron chi connectivity index (χ1n) is 14.2. The van der Waals surface area contributed by atoms with E-state index in [1.807, 2.05) is 18.2 Å². The summed E-state index contributed by atoms with van der Waals surface area (Å²) in [5.74, 6) is 0.193. The lowest BCUT2D eigenvalue weighted by molar-refractivity contribution is -0.139. The Morgan fingerprint density at radius 2 is 1.76 bits per heavy atom. The van der Waals surface area contributed by atoms with Crippen LogP contribution >= 0.6 is 0 Å². The molecular weight excluding hydrogens is 534 g/mol. The molecule has 5 rings (SSSR count). The van der Waals surface area contributed by atoms with Crippen LogP contribution in [0.15, 0.2) is 60.7 Å². The van der Waals surface area contributed by atoms with Crippen LogP contribution in [0.2, 0.25) is 0 Å². The fourth-order valence-corrected chi connectivity index (χ4v) is 5.73. The quantitative estimate of drug-likeness (QED) is 0.360. The zero-order valence-electron chi connectivity index (χ0n) is 23.7. The maximum absolute atomic E-state index is 13.7. The van der Waals surface area contributed by atoms with Gasteiger partial charge in [0.05, 0.1) is 25.6 Å². The largest absolute Gasteiger partial charge is 0.454 e. The molecule has 0 radical (unpaired) electrons. The number of nitrogens with one attached hydrogen (secondary N) is 2. The lowest BCUT2D eigenvalue weighted by Crippen LogP contribution is -2.52. The molecule has 0 saturated carbocycles. The molecule has 1 atom stereocenters. The van der Waals surface area contributed by atoms with Crippen molar-refractivity contribution < 1.29 is 23.9 Å². The number of nitrogens with zero attached hydrogens (tertiary/aromatic N) is 3. The van der Waals surface area contributed by atoms with Gasteiger partial charge in [0.2, 0.25) is 24.5 Å². The van der Waals surface area contributed by atoms with Crippen molar-refractivity contribution in [3.05, 3.63) is 71.8 Å². The highest BCUT2D eigenvalue weighted by molar-refractivity contribution is 5.89. The summed E-state index contributed by atoms with van der Waals surface area (Å²) in [6.45, 7) is 3.38. The Morgan fingerprint density at radius 3 is 2.57 bits per heavy atom. The number of benzene rings is 3. The highest BCUT2D eigenvalue weighted by Gasteiger charge is 2.32. The molecule has 1 saturated heterocycles. The minimum Gasteiger partial charge on any atom is -0.454 e. The maximum Gasteiger partial charge on any atom is 0.240 e. The van der Waals surface area contributed by atoms with Crippen LogP contribution in [0.5, 0.6) is 11.5 Å². The van der Waals surface area contributed by atoms with Gasteiger partial charge in [0.25, 0.3) is 0 Å². The third-order valence-electron chi connectivity index (χ3n) is 8.00. The van der Waals surface area contributed by atoms with E-state index in [9.17, 15) is 14.4 Å². The van der Waals surface area contributed by atoms with Gasteiger partial charge in [-0.25, -0.2) is 0 Å². The Morgan fingerprint density at radius 1 is 1.00 bits per heavy atom. The molecule has 1 fully saturated rings. The first kappa shape index (κ1) is 28.9. The van der Waals surface area contributed by atoms with E-state index >= 15 is 0 Å². The molecule has 2 aliphatic rings. The van der Waals surface area contributed by atoms with E-state index in [1.165, 1.54) is 16.3 Å². The highest BCUT2D eigenvalue weighted by Crippen LogP contribution is 2.33. The summed E-state index contributed by atoms with van der Waals surface area (Å²) < 4.78 is 10.9. The fraction of sp³-hybridized carbons (Fsp3) is 0.375. The second-order valence-corrected chi connectivity index (χ2v) is 10.6. The highest BCUT2D eigenvalue weighted by atomic mass is 16.7. The SMILES string of the molecule is CC(c1cccc2ccccc12)N1CCC(N(CC(=O)NCC(=O)NCC#N)C(=O)Cc2ccc3c(c2)OCO3)CC1. The number of hydrogen-bond donors (Lipinski definition) is 2. The van der Waals surface area contributed by atoms with Crippen LogP contribution in [0.3, 0.4) is 0 Å². The first-order chi connectivity index (χ1) is 20.4. The van der Waals surface area contributed by atoms with Crippen molar-refractivity contribution in [3.8, 4) is 17.6 Å². The van der Waals surface area contributed by atoms with Gasteiger partial charge in [-0.15, -0.1) is 0 Å². The Hall–Kier alpha value is -4.62. The van der Waals surface area contributed by atoms with Crippen molar-refractivity contribution in [2.24, 2.45) is 0 Å². The molecule has 3 aromatic rings. The van der Waals surface area contributed by atoms with Crippen LogP contribution in [-0.2, 0) is 20.8 Å². The van der Waals surface area contributed by atoms with Gasteiger partial charge in [-0.05, 0) is 53.8 Å². The number of hydrogen-bond acceptors (Lipinski definition) is 7. The van der Waals surface area contributed by atoms with Crippen molar-refractivity contribution in [2.75, 3.05) is 39.5 Å². The van der Waals surface area contributed by atoms with Crippen molar-refractivity contribution >= 4 is 28.5 Å². The summed E-state index contributed by atoms with van der Waals surface area (Å²) in [6.07, 6.45) is 1.55. The molecule has 10 nitrogen and oxygen atoms in total. The predicted molar refractivity (Wildman–Crippen MR) is 157 cm³/mol. The molecule has 1 unspecified atom stereocenters. The number of rotatable bonds is 10. The molecule has 218 valence electrons. The molecule has 0 spiro atoms. The molecule has 10 heteroatoms. The summed E-state index contributed by atoms with van der Waals surface area (Å²) in [4.78, 5) is 42.5. The van der Waals surface area contributed by atoms with Gasteiger partial charge < -0.3 is 25.0 Å². The van der Waals surface area contributed by atoms with E-state index in [-0.39, 0.29) is 50.8 Å². The molecule has 42 heavy (non-hydrogen) atoms. The number of amides is 3. The van der Waals surface area contributed by atoms with Gasteiger partial charge in [0.15, 0.2) is 11.5 Å². The van der Waals surface area contributed by atoms with E-state index in [1.54, 1.807) is 17.0 Å². The van der Waals surface area contributed by atoms with Crippen molar-refractivity contribution in [1.29, 1.82) is 5.26 Å². The second-order valence-electron chi connectivity index (χ2n) is 10.6. The fourth-order valence-electron chi connectivity index (χ4n) is 5.73. The summed E-state index contributed by atoms with van der Waals surface area (Å²) in [5, 5.41) is 16.1. The van der Waals surface area contributed by atoms with E-state index < -0.39 is 11.8 Å². The molecule has 0 aromatic heterocycles. The molecule has 0 aliphatic carbocycles. The van der Waals surface area contributed by atoms with Crippen LogP contribution in [0, 0.1) is 11.3 Å². The number of carbonyl (C=O) groups is 3. The number of ether oxygens (including phenoxy) is 2. The summed E-state index contributed by atoms with van der Waals surface area (Å²) in [5.41, 5.74) is 2.05. The average molecular weight is 570 g/mol. The van der Waals surface area contributed by atoms with Crippen LogP contribution in [0.1, 0.15) is 36.9 Å². The van der Waals surface area contributed by atoms with Crippen LogP contribution in [0.25, 0.3) is 10.8 Å². The third kappa shape index (κ3) is 6.81. The summed E-state index contributed by atoms with van der Waals surface area (Å²) >= 11 is 0. The van der Waals surface area contributed by atoms with Gasteiger partial charge in [-0.1, -0.05) is 48.5 Å². The van der Waals surface area contributed by atoms with Crippen molar-refractivity contribution in [3.63, 3.8) is 0 Å². The zero-order chi connectivity index (χ0) is 29.5. The standard InChI is InChI=1S/C32H35N5O5/c1-22(26-8-4-6-24-5-2-3-7-27(24)26)36-15-11-25(12-16-36)37(20-31(39)35-19-30(38)34-14-13-33)32(40)18-23-9-10-28-29(17-23)42-21-41-28/h2-10,17,22,25H,11-12,14-16,18-21H2,1H3,(H,34,38)(H,35,39). The zero-order valence-corrected chi connectivity index (χ0v) is 23.7.